The summed E-state index contributed by atoms with van der Waals surface area (Å²) >= 11 is 0. The first kappa shape index (κ1) is 10.5. The second kappa shape index (κ2) is 4.61. The monoisotopic (exact) mass is 186 g/mol. The lowest BCUT2D eigenvalue weighted by atomic mass is 9.78. The van der Waals surface area contributed by atoms with Crippen LogP contribution in [0.4, 0.5) is 0 Å². The zero-order chi connectivity index (χ0) is 9.84. The first-order valence-electron chi connectivity index (χ1n) is 5.04. The Balaban J connectivity index is 2.57. The molecule has 1 saturated carbocycles. The predicted octanol–water partition coefficient (Wildman–Crippen LogP) is 1.65. The number of aliphatic carboxylic acids is 1. The van der Waals surface area contributed by atoms with Crippen LogP contribution >= 0.6 is 0 Å². The van der Waals surface area contributed by atoms with E-state index < -0.39 is 18.0 Å². The fourth-order valence-corrected chi connectivity index (χ4v) is 2.30. The minimum Gasteiger partial charge on any atom is -0.481 e. The molecule has 13 heavy (non-hydrogen) atoms. The molecule has 0 aromatic rings. The summed E-state index contributed by atoms with van der Waals surface area (Å²) < 4.78 is 0. The Bertz CT molecular complexity index is 171. The summed E-state index contributed by atoms with van der Waals surface area (Å²) in [6, 6.07) is 0. The summed E-state index contributed by atoms with van der Waals surface area (Å²) in [5, 5.41) is 18.3. The summed E-state index contributed by atoms with van der Waals surface area (Å²) in [6.07, 6.45) is 4.63. The van der Waals surface area contributed by atoms with E-state index in [1.54, 1.807) is 6.92 Å². The number of rotatable bonds is 3. The number of carboxylic acid groups (broad SMARTS) is 1. The van der Waals surface area contributed by atoms with Gasteiger partial charge in [0.15, 0.2) is 0 Å². The van der Waals surface area contributed by atoms with Gasteiger partial charge in [0.2, 0.25) is 0 Å². The van der Waals surface area contributed by atoms with E-state index in [-0.39, 0.29) is 5.92 Å². The third-order valence-corrected chi connectivity index (χ3v) is 2.96. The quantitative estimate of drug-likeness (QED) is 0.704. The molecule has 3 heteroatoms. The maximum absolute atomic E-state index is 10.9. The van der Waals surface area contributed by atoms with Crippen molar-refractivity contribution in [2.24, 2.45) is 11.8 Å². The van der Waals surface area contributed by atoms with Crippen molar-refractivity contribution in [3.05, 3.63) is 0 Å². The molecule has 0 heterocycles. The van der Waals surface area contributed by atoms with Gasteiger partial charge < -0.3 is 10.2 Å². The second-order valence-electron chi connectivity index (χ2n) is 4.00. The van der Waals surface area contributed by atoms with E-state index in [1.807, 2.05) is 0 Å². The molecule has 0 saturated heterocycles. The van der Waals surface area contributed by atoms with Crippen molar-refractivity contribution in [1.29, 1.82) is 0 Å². The Labute approximate surface area is 78.8 Å². The van der Waals surface area contributed by atoms with E-state index in [4.69, 9.17) is 5.11 Å². The Morgan fingerprint density at radius 2 is 1.85 bits per heavy atom. The highest BCUT2D eigenvalue weighted by atomic mass is 16.4. The van der Waals surface area contributed by atoms with Crippen molar-refractivity contribution in [1.82, 2.24) is 0 Å². The van der Waals surface area contributed by atoms with Gasteiger partial charge >= 0.3 is 5.97 Å². The van der Waals surface area contributed by atoms with Crippen LogP contribution in [0.25, 0.3) is 0 Å². The van der Waals surface area contributed by atoms with Gasteiger partial charge in [-0.05, 0) is 25.7 Å². The highest BCUT2D eigenvalue weighted by Gasteiger charge is 2.32. The van der Waals surface area contributed by atoms with Gasteiger partial charge in [-0.15, -0.1) is 0 Å². The highest BCUT2D eigenvalue weighted by Crippen LogP contribution is 2.31. The van der Waals surface area contributed by atoms with Crippen LogP contribution in [0.15, 0.2) is 0 Å². The molecule has 0 aromatic heterocycles. The van der Waals surface area contributed by atoms with Gasteiger partial charge in [0.05, 0.1) is 12.0 Å². The molecule has 1 aliphatic carbocycles. The number of aliphatic hydroxyl groups excluding tert-OH is 1. The number of carboxylic acids is 1. The lowest BCUT2D eigenvalue weighted by Crippen LogP contribution is -2.34. The molecule has 2 N–H and O–H groups in total. The lowest BCUT2D eigenvalue weighted by molar-refractivity contribution is -0.148. The van der Waals surface area contributed by atoms with E-state index >= 15 is 0 Å². The molecule has 76 valence electrons. The Morgan fingerprint density at radius 1 is 1.31 bits per heavy atom. The summed E-state index contributed by atoms with van der Waals surface area (Å²) in [5.41, 5.74) is 0. The smallest absolute Gasteiger partial charge is 0.309 e. The average molecular weight is 186 g/mol. The first-order chi connectivity index (χ1) is 6.13. The van der Waals surface area contributed by atoms with E-state index in [2.05, 4.69) is 0 Å². The Hall–Kier alpha value is -0.570. The number of hydrogen-bond acceptors (Lipinski definition) is 2. The van der Waals surface area contributed by atoms with Crippen molar-refractivity contribution in [2.45, 2.75) is 45.1 Å². The van der Waals surface area contributed by atoms with Gasteiger partial charge in [0.25, 0.3) is 0 Å². The minimum absolute atomic E-state index is 0.186. The maximum atomic E-state index is 10.9. The summed E-state index contributed by atoms with van der Waals surface area (Å²) in [5.74, 6) is -1.21. The zero-order valence-electron chi connectivity index (χ0n) is 8.07. The van der Waals surface area contributed by atoms with Gasteiger partial charge in [0, 0.05) is 0 Å². The Morgan fingerprint density at radius 3 is 2.23 bits per heavy atom. The van der Waals surface area contributed by atoms with E-state index in [1.165, 1.54) is 6.42 Å². The second-order valence-corrected chi connectivity index (χ2v) is 4.00. The summed E-state index contributed by atoms with van der Waals surface area (Å²) in [6.45, 7) is 1.58. The fourth-order valence-electron chi connectivity index (χ4n) is 2.30. The van der Waals surface area contributed by atoms with Crippen molar-refractivity contribution in [2.75, 3.05) is 0 Å². The molecule has 0 unspecified atom stereocenters. The van der Waals surface area contributed by atoms with Crippen LogP contribution in [-0.2, 0) is 4.79 Å². The third kappa shape index (κ3) is 2.69. The van der Waals surface area contributed by atoms with Crippen molar-refractivity contribution < 1.29 is 15.0 Å². The molecule has 1 fully saturated rings. The van der Waals surface area contributed by atoms with E-state index in [0.29, 0.717) is 0 Å². The molecule has 0 aliphatic heterocycles. The van der Waals surface area contributed by atoms with Gasteiger partial charge in [0.1, 0.15) is 0 Å². The molecule has 0 radical (unpaired) electrons. The van der Waals surface area contributed by atoms with Gasteiger partial charge in [-0.25, -0.2) is 0 Å². The van der Waals surface area contributed by atoms with Crippen LogP contribution in [0.1, 0.15) is 39.0 Å². The molecule has 0 spiro atoms. The van der Waals surface area contributed by atoms with Crippen LogP contribution < -0.4 is 0 Å². The van der Waals surface area contributed by atoms with Crippen LogP contribution in [0.5, 0.6) is 0 Å². The van der Waals surface area contributed by atoms with Crippen LogP contribution in [0, 0.1) is 11.8 Å². The molecule has 2 atom stereocenters. The number of aliphatic hydroxyl groups is 1. The summed E-state index contributed by atoms with van der Waals surface area (Å²) in [7, 11) is 0. The largest absolute Gasteiger partial charge is 0.481 e. The van der Waals surface area contributed by atoms with Crippen molar-refractivity contribution in [3.63, 3.8) is 0 Å². The molecule has 0 bridgehead atoms. The molecule has 1 aliphatic rings. The standard InChI is InChI=1S/C10H18O3/c1-7(11)9(10(12)13)8-5-3-2-4-6-8/h7-9,11H,2-6H2,1H3,(H,12,13)/t7-,9-/m1/s1. The molecular formula is C10H18O3. The molecular weight excluding hydrogens is 168 g/mol. The van der Waals surface area contributed by atoms with Crippen LogP contribution in [0.3, 0.4) is 0 Å². The van der Waals surface area contributed by atoms with Gasteiger partial charge in [-0.1, -0.05) is 19.3 Å². The lowest BCUT2D eigenvalue weighted by Gasteiger charge is -2.29. The molecule has 0 amide bonds. The highest BCUT2D eigenvalue weighted by molar-refractivity contribution is 5.71. The van der Waals surface area contributed by atoms with Crippen molar-refractivity contribution in [3.8, 4) is 0 Å². The maximum Gasteiger partial charge on any atom is 0.309 e. The summed E-state index contributed by atoms with van der Waals surface area (Å²) in [4.78, 5) is 10.9. The normalized spacial score (nSPS) is 23.8. The number of carbonyl (C=O) groups is 1. The zero-order valence-corrected chi connectivity index (χ0v) is 8.07. The van der Waals surface area contributed by atoms with E-state index in [9.17, 15) is 9.90 Å². The van der Waals surface area contributed by atoms with E-state index in [0.717, 1.165) is 25.7 Å². The van der Waals surface area contributed by atoms with Gasteiger partial charge in [-0.3, -0.25) is 4.79 Å². The predicted molar refractivity (Wildman–Crippen MR) is 49.4 cm³/mol. The molecule has 0 aromatic carbocycles. The molecule has 1 rings (SSSR count). The third-order valence-electron chi connectivity index (χ3n) is 2.96. The molecule has 3 nitrogen and oxygen atoms in total. The minimum atomic E-state index is -0.845. The average Bonchev–Trinajstić information content (AvgIpc) is 2.04. The van der Waals surface area contributed by atoms with Crippen LogP contribution in [-0.4, -0.2) is 22.3 Å². The topological polar surface area (TPSA) is 57.5 Å². The SMILES string of the molecule is C[C@@H](O)[C@@H](C(=O)O)C1CCCCC1. The Kier molecular flexibility index (Phi) is 3.72. The van der Waals surface area contributed by atoms with Gasteiger partial charge in [-0.2, -0.15) is 0 Å². The number of hydrogen-bond donors (Lipinski definition) is 2. The first-order valence-corrected chi connectivity index (χ1v) is 5.04. The fraction of sp³-hybridized carbons (Fsp3) is 0.900. The van der Waals surface area contributed by atoms with Crippen LogP contribution in [0.2, 0.25) is 0 Å². The van der Waals surface area contributed by atoms with Crippen molar-refractivity contribution >= 4 is 5.97 Å².